The van der Waals surface area contributed by atoms with Crippen molar-refractivity contribution in [2.24, 2.45) is 0 Å². The summed E-state index contributed by atoms with van der Waals surface area (Å²) in [6, 6.07) is 7.19. The Labute approximate surface area is 125 Å². The highest BCUT2D eigenvalue weighted by molar-refractivity contribution is 14.2. The third-order valence-corrected chi connectivity index (χ3v) is 5.19. The molecule has 0 aliphatic carbocycles. The molecule has 1 N–H and O–H groups in total. The van der Waals surface area contributed by atoms with Gasteiger partial charge in [-0.05, 0) is 61.1 Å². The maximum atomic E-state index is 5.63. The minimum atomic E-state index is -0.393. The fraction of sp³-hybridized carbons (Fsp3) is 0.533. The van der Waals surface area contributed by atoms with Crippen molar-refractivity contribution in [2.75, 3.05) is 25.5 Å². The molecule has 1 saturated heterocycles. The summed E-state index contributed by atoms with van der Waals surface area (Å²) in [6.07, 6.45) is 3.96. The lowest BCUT2D eigenvalue weighted by Gasteiger charge is -2.22. The fourth-order valence-electron chi connectivity index (χ4n) is 3.31. The molecule has 2 aliphatic rings. The van der Waals surface area contributed by atoms with Crippen LogP contribution < -0.4 is 8.38 Å². The molecule has 3 rings (SSSR count). The van der Waals surface area contributed by atoms with Gasteiger partial charge in [0.1, 0.15) is 26.9 Å². The van der Waals surface area contributed by atoms with E-state index in [0.717, 1.165) is 18.3 Å². The van der Waals surface area contributed by atoms with Crippen LogP contribution in [0.5, 0.6) is 5.75 Å². The quantitative estimate of drug-likeness (QED) is 0.821. The number of hydrogen-bond acceptors (Lipinski definition) is 3. The van der Waals surface area contributed by atoms with E-state index >= 15 is 0 Å². The van der Waals surface area contributed by atoms with Crippen molar-refractivity contribution in [1.29, 1.82) is 0 Å². The van der Waals surface area contributed by atoms with Crippen molar-refractivity contribution < 1.29 is 3.07 Å². The molecule has 104 valence electrons. The molecule has 1 aromatic rings. The Bertz CT molecular complexity index is 477. The van der Waals surface area contributed by atoms with Crippen molar-refractivity contribution in [3.05, 3.63) is 23.8 Å². The molecule has 2 atom stereocenters. The molecule has 0 spiro atoms. The number of fused-ring (bicyclic) bond motifs is 1. The summed E-state index contributed by atoms with van der Waals surface area (Å²) >= 11 is -0.393. The van der Waals surface area contributed by atoms with Crippen molar-refractivity contribution in [1.82, 2.24) is 4.90 Å². The largest absolute Gasteiger partial charge is 0.436 e. The van der Waals surface area contributed by atoms with Gasteiger partial charge in [0, 0.05) is 24.2 Å². The lowest BCUT2D eigenvalue weighted by Crippen LogP contribution is -2.27. The van der Waals surface area contributed by atoms with Crippen LogP contribution in [0, 0.1) is 0 Å². The topological polar surface area (TPSA) is 24.5 Å². The summed E-state index contributed by atoms with van der Waals surface area (Å²) in [5.74, 6) is 1.63. The summed E-state index contributed by atoms with van der Waals surface area (Å²) in [5.41, 5.74) is 2.73. The highest BCUT2D eigenvalue weighted by atomic mass is 127. The number of nitrogens with one attached hydrogen (secondary N) is 1. The normalized spacial score (nSPS) is 26.2. The van der Waals surface area contributed by atoms with Gasteiger partial charge in [0.15, 0.2) is 0 Å². The average molecular weight is 372 g/mol. The number of hydrogen-bond donors (Lipinski definition) is 1. The maximum Gasteiger partial charge on any atom is 0.133 e. The Balaban J connectivity index is 1.76. The van der Waals surface area contributed by atoms with Crippen molar-refractivity contribution in [2.45, 2.75) is 31.2 Å². The predicted octanol–water partition coefficient (Wildman–Crippen LogP) is 3.38. The van der Waals surface area contributed by atoms with Gasteiger partial charge in [0.2, 0.25) is 0 Å². The van der Waals surface area contributed by atoms with Crippen LogP contribution in [0.1, 0.15) is 30.7 Å². The van der Waals surface area contributed by atoms with Crippen LogP contribution in [0.4, 0.5) is 5.69 Å². The van der Waals surface area contributed by atoms with Gasteiger partial charge in [-0.2, -0.15) is 0 Å². The van der Waals surface area contributed by atoms with E-state index in [9.17, 15) is 0 Å². The lowest BCUT2D eigenvalue weighted by atomic mass is 9.93. The van der Waals surface area contributed by atoms with Crippen molar-refractivity contribution in [3.63, 3.8) is 0 Å². The minimum absolute atomic E-state index is 0.393. The third-order valence-electron chi connectivity index (χ3n) is 4.37. The van der Waals surface area contributed by atoms with Gasteiger partial charge in [-0.25, -0.2) is 0 Å². The second kappa shape index (κ2) is 5.79. The molecule has 1 fully saturated rings. The fourth-order valence-corrected chi connectivity index (χ4v) is 3.94. The number of likely N-dealkylation sites (tertiary alicyclic amines) is 1. The SMILES string of the molecule is C=IOc1ccc2c(c1)C(C[C@H]1CCCN1C)CN2. The number of benzene rings is 1. The Kier molecular flexibility index (Phi) is 4.07. The van der Waals surface area contributed by atoms with Gasteiger partial charge >= 0.3 is 0 Å². The Hall–Kier alpha value is -0.620. The molecule has 2 aliphatic heterocycles. The van der Waals surface area contributed by atoms with E-state index in [1.165, 1.54) is 37.1 Å². The molecule has 19 heavy (non-hydrogen) atoms. The standard InChI is InChI=1S/C15H21IN2O/c1-16-19-13-5-6-15-14(9-13)11(10-17-15)8-12-4-3-7-18(12)2/h5-6,9,11-12,17H,1,3-4,7-8,10H2,2H3/t11?,12-/m1/s1. The first kappa shape index (κ1) is 13.4. The second-order valence-electron chi connectivity index (χ2n) is 5.53. The first-order chi connectivity index (χ1) is 9.28. The summed E-state index contributed by atoms with van der Waals surface area (Å²) in [4.78, 5) is 2.51. The molecular weight excluding hydrogens is 351 g/mol. The van der Waals surface area contributed by atoms with Crippen LogP contribution in [-0.2, 0) is 0 Å². The van der Waals surface area contributed by atoms with Crippen LogP contribution in [0.25, 0.3) is 0 Å². The van der Waals surface area contributed by atoms with Crippen molar-refractivity contribution in [3.8, 4) is 5.75 Å². The van der Waals surface area contributed by atoms with Crippen LogP contribution in [0.2, 0.25) is 0 Å². The molecule has 0 bridgehead atoms. The molecule has 1 aromatic carbocycles. The van der Waals surface area contributed by atoms with Crippen LogP contribution in [0.3, 0.4) is 0 Å². The van der Waals surface area contributed by atoms with Gasteiger partial charge in [0.05, 0.1) is 0 Å². The van der Waals surface area contributed by atoms with E-state index < -0.39 is 21.1 Å². The lowest BCUT2D eigenvalue weighted by molar-refractivity contribution is 0.285. The van der Waals surface area contributed by atoms with Crippen LogP contribution in [0.15, 0.2) is 18.2 Å². The van der Waals surface area contributed by atoms with Crippen molar-refractivity contribution >= 4 is 31.3 Å². The second-order valence-corrected chi connectivity index (χ2v) is 6.59. The molecule has 1 unspecified atom stereocenters. The van der Waals surface area contributed by atoms with Gasteiger partial charge in [0.25, 0.3) is 0 Å². The van der Waals surface area contributed by atoms with Gasteiger partial charge in [-0.1, -0.05) is 0 Å². The van der Waals surface area contributed by atoms with E-state index in [0.29, 0.717) is 5.92 Å². The highest BCUT2D eigenvalue weighted by Gasteiger charge is 2.29. The molecule has 2 heterocycles. The average Bonchev–Trinajstić information content (AvgIpc) is 2.98. The minimum Gasteiger partial charge on any atom is -0.436 e. The Morgan fingerprint density at radius 1 is 1.53 bits per heavy atom. The molecular formula is C15H21IN2O. The number of anilines is 1. The number of nitrogens with zero attached hydrogens (tertiary/aromatic N) is 1. The maximum absolute atomic E-state index is 5.63. The molecule has 0 saturated carbocycles. The first-order valence-electron chi connectivity index (χ1n) is 6.91. The molecule has 4 heteroatoms. The molecule has 3 nitrogen and oxygen atoms in total. The zero-order valence-corrected chi connectivity index (χ0v) is 13.5. The van der Waals surface area contributed by atoms with E-state index in [1.54, 1.807) is 0 Å². The van der Waals surface area contributed by atoms with E-state index in [-0.39, 0.29) is 0 Å². The molecule has 0 amide bonds. The van der Waals surface area contributed by atoms with Gasteiger partial charge in [-0.15, -0.1) is 0 Å². The van der Waals surface area contributed by atoms with Gasteiger partial charge < -0.3 is 13.3 Å². The highest BCUT2D eigenvalue weighted by Crippen LogP contribution is 2.39. The molecule has 0 radical (unpaired) electrons. The monoisotopic (exact) mass is 372 g/mol. The Morgan fingerprint density at radius 3 is 3.16 bits per heavy atom. The smallest absolute Gasteiger partial charge is 0.133 e. The number of halogens is 1. The van der Waals surface area contributed by atoms with Gasteiger partial charge in [-0.3, -0.25) is 0 Å². The first-order valence-corrected chi connectivity index (χ1v) is 9.32. The van der Waals surface area contributed by atoms with E-state index in [2.05, 4.69) is 40.0 Å². The third kappa shape index (κ3) is 2.79. The summed E-state index contributed by atoms with van der Waals surface area (Å²) < 4.78 is 9.48. The van der Waals surface area contributed by atoms with Crippen LogP contribution in [-0.4, -0.2) is 35.6 Å². The number of rotatable bonds is 4. The Morgan fingerprint density at radius 2 is 2.42 bits per heavy atom. The van der Waals surface area contributed by atoms with Crippen LogP contribution >= 0.6 is 21.1 Å². The summed E-state index contributed by atoms with van der Waals surface area (Å²) in [6.45, 7) is 2.33. The summed E-state index contributed by atoms with van der Waals surface area (Å²) in [7, 11) is 2.26. The summed E-state index contributed by atoms with van der Waals surface area (Å²) in [5, 5.41) is 3.53. The molecule has 0 aromatic heterocycles. The zero-order valence-electron chi connectivity index (χ0n) is 11.4. The van der Waals surface area contributed by atoms with E-state index in [1.807, 2.05) is 0 Å². The predicted molar refractivity (Wildman–Crippen MR) is 89.7 cm³/mol. The zero-order chi connectivity index (χ0) is 13.2. The van der Waals surface area contributed by atoms with E-state index in [4.69, 9.17) is 3.07 Å².